The van der Waals surface area contributed by atoms with E-state index in [1.54, 1.807) is 20.8 Å². The van der Waals surface area contributed by atoms with Crippen LogP contribution in [0.15, 0.2) is 38.5 Å². The first-order valence-electron chi connectivity index (χ1n) is 9.64. The molecule has 0 aliphatic carbocycles. The van der Waals surface area contributed by atoms with Crippen LogP contribution < -0.4 is 11.2 Å². The van der Waals surface area contributed by atoms with Crippen LogP contribution in [-0.4, -0.2) is 36.9 Å². The van der Waals surface area contributed by atoms with Gasteiger partial charge in [0.25, 0.3) is 5.56 Å². The molecule has 4 rings (SSSR count). The van der Waals surface area contributed by atoms with Crippen molar-refractivity contribution in [3.05, 3.63) is 61.1 Å². The van der Waals surface area contributed by atoms with Crippen LogP contribution in [0.2, 0.25) is 0 Å². The summed E-state index contributed by atoms with van der Waals surface area (Å²) in [4.78, 5) is 53.9. The zero-order chi connectivity index (χ0) is 25.2. The standard InChI is InChI=1S/C21H16F3N3O6S/c1-20(2,3)33-19(32)26-13-8-34-7-11(13)16(28)27(18(26)31)15-10-6-9(21(22,23)24)4-5-12(10)25-14(15)17(29)30/h4-8,25H,1-3H3,(H,29,30). The number of benzene rings is 1. The molecule has 0 bridgehead atoms. The van der Waals surface area contributed by atoms with Crippen molar-refractivity contribution in [2.24, 2.45) is 0 Å². The molecule has 178 valence electrons. The number of rotatable bonds is 2. The molecule has 0 saturated heterocycles. The minimum Gasteiger partial charge on any atom is -0.477 e. The lowest BCUT2D eigenvalue weighted by atomic mass is 10.1. The second-order valence-corrected chi connectivity index (χ2v) is 9.07. The average molecular weight is 495 g/mol. The Morgan fingerprint density at radius 3 is 2.35 bits per heavy atom. The quantitative estimate of drug-likeness (QED) is 0.430. The minimum absolute atomic E-state index is 0.0547. The second-order valence-electron chi connectivity index (χ2n) is 8.32. The van der Waals surface area contributed by atoms with Crippen molar-refractivity contribution in [3.8, 4) is 5.69 Å². The summed E-state index contributed by atoms with van der Waals surface area (Å²) in [6.07, 6.45) is -5.91. The number of aromatic amines is 1. The molecule has 0 unspecified atom stereocenters. The number of carbonyl (C=O) groups is 2. The van der Waals surface area contributed by atoms with Crippen LogP contribution in [0, 0.1) is 0 Å². The van der Waals surface area contributed by atoms with Gasteiger partial charge in [-0.2, -0.15) is 17.7 Å². The number of carbonyl (C=O) groups excluding carboxylic acids is 1. The topological polar surface area (TPSA) is 123 Å². The van der Waals surface area contributed by atoms with Crippen molar-refractivity contribution in [1.29, 1.82) is 0 Å². The summed E-state index contributed by atoms with van der Waals surface area (Å²) in [5, 5.41) is 11.9. The molecular weight excluding hydrogens is 479 g/mol. The predicted molar refractivity (Wildman–Crippen MR) is 117 cm³/mol. The molecule has 0 aliphatic heterocycles. The Balaban J connectivity index is 2.16. The summed E-state index contributed by atoms with van der Waals surface area (Å²) in [6.45, 7) is 4.66. The molecule has 1 aromatic carbocycles. The zero-order valence-corrected chi connectivity index (χ0v) is 18.6. The van der Waals surface area contributed by atoms with Gasteiger partial charge in [-0.1, -0.05) is 0 Å². The fourth-order valence-corrected chi connectivity index (χ4v) is 4.24. The van der Waals surface area contributed by atoms with Gasteiger partial charge in [0.05, 0.1) is 22.2 Å². The molecule has 0 spiro atoms. The maximum atomic E-state index is 13.4. The molecule has 3 heterocycles. The number of carboxylic acids is 1. The lowest BCUT2D eigenvalue weighted by Crippen LogP contribution is -2.43. The van der Waals surface area contributed by atoms with E-state index in [0.717, 1.165) is 23.5 Å². The number of carboxylic acid groups (broad SMARTS) is 1. The Morgan fingerprint density at radius 2 is 1.76 bits per heavy atom. The number of nitrogens with one attached hydrogen (secondary N) is 1. The molecular formula is C21H16F3N3O6S. The van der Waals surface area contributed by atoms with Crippen LogP contribution in [0.5, 0.6) is 0 Å². The molecule has 2 N–H and O–H groups in total. The summed E-state index contributed by atoms with van der Waals surface area (Å²) in [7, 11) is 0. The largest absolute Gasteiger partial charge is 0.477 e. The number of fused-ring (bicyclic) bond motifs is 2. The fourth-order valence-electron chi connectivity index (χ4n) is 3.46. The average Bonchev–Trinajstić information content (AvgIpc) is 3.31. The van der Waals surface area contributed by atoms with Crippen molar-refractivity contribution >= 4 is 45.2 Å². The number of H-pyrrole nitrogens is 1. The number of hydrogen-bond acceptors (Lipinski definition) is 6. The highest BCUT2D eigenvalue weighted by molar-refractivity contribution is 7.09. The number of alkyl halides is 3. The molecule has 34 heavy (non-hydrogen) atoms. The van der Waals surface area contributed by atoms with E-state index >= 15 is 0 Å². The Kier molecular flexibility index (Phi) is 5.20. The first kappa shape index (κ1) is 23.3. The van der Waals surface area contributed by atoms with Crippen molar-refractivity contribution < 1.29 is 32.6 Å². The molecule has 9 nitrogen and oxygen atoms in total. The summed E-state index contributed by atoms with van der Waals surface area (Å²) >= 11 is 0.997. The van der Waals surface area contributed by atoms with Gasteiger partial charge in [0, 0.05) is 21.7 Å². The van der Waals surface area contributed by atoms with Crippen molar-refractivity contribution in [2.75, 3.05) is 0 Å². The molecule has 4 aromatic rings. The van der Waals surface area contributed by atoms with E-state index in [-0.39, 0.29) is 21.8 Å². The normalized spacial score (nSPS) is 12.4. The third-order valence-electron chi connectivity index (χ3n) is 4.81. The summed E-state index contributed by atoms with van der Waals surface area (Å²) in [5.41, 5.74) is -5.86. The second kappa shape index (κ2) is 7.58. The van der Waals surface area contributed by atoms with Gasteiger partial charge in [0.15, 0.2) is 5.69 Å². The van der Waals surface area contributed by atoms with Gasteiger partial charge in [0.2, 0.25) is 0 Å². The van der Waals surface area contributed by atoms with E-state index in [4.69, 9.17) is 4.74 Å². The highest BCUT2D eigenvalue weighted by Gasteiger charge is 2.33. The molecule has 0 atom stereocenters. The van der Waals surface area contributed by atoms with Crippen molar-refractivity contribution in [1.82, 2.24) is 14.1 Å². The van der Waals surface area contributed by atoms with Gasteiger partial charge in [-0.05, 0) is 39.0 Å². The Hall–Kier alpha value is -3.87. The van der Waals surface area contributed by atoms with Gasteiger partial charge in [-0.25, -0.2) is 19.0 Å². The molecule has 0 fully saturated rings. The summed E-state index contributed by atoms with van der Waals surface area (Å²) in [6, 6.07) is 2.36. The highest BCUT2D eigenvalue weighted by Crippen LogP contribution is 2.34. The van der Waals surface area contributed by atoms with Gasteiger partial charge in [-0.15, -0.1) is 11.3 Å². The van der Waals surface area contributed by atoms with Gasteiger partial charge in [-0.3, -0.25) is 4.79 Å². The van der Waals surface area contributed by atoms with Gasteiger partial charge >= 0.3 is 23.9 Å². The number of thiophene rings is 1. The summed E-state index contributed by atoms with van der Waals surface area (Å²) in [5.74, 6) is -1.62. The smallest absolute Gasteiger partial charge is 0.423 e. The van der Waals surface area contributed by atoms with Crippen LogP contribution in [0.1, 0.15) is 36.8 Å². The maximum absolute atomic E-state index is 13.4. The van der Waals surface area contributed by atoms with Crippen LogP contribution in [0.3, 0.4) is 0 Å². The first-order chi connectivity index (χ1) is 15.7. The van der Waals surface area contributed by atoms with Crippen LogP contribution in [0.25, 0.3) is 27.5 Å². The SMILES string of the molecule is CC(C)(C)OC(=O)n1c(=O)n(-c2c(C(=O)O)[nH]c3ccc(C(F)(F)F)cc23)c(=O)c2cscc21. The van der Waals surface area contributed by atoms with Gasteiger partial charge < -0.3 is 14.8 Å². The number of ether oxygens (including phenoxy) is 1. The van der Waals surface area contributed by atoms with Crippen LogP contribution >= 0.6 is 11.3 Å². The predicted octanol–water partition coefficient (Wildman–Crippen LogP) is 4.20. The Morgan fingerprint density at radius 1 is 1.09 bits per heavy atom. The molecule has 3 aromatic heterocycles. The van der Waals surface area contributed by atoms with E-state index in [1.807, 2.05) is 0 Å². The van der Waals surface area contributed by atoms with E-state index in [1.165, 1.54) is 10.8 Å². The van der Waals surface area contributed by atoms with Crippen LogP contribution in [-0.2, 0) is 10.9 Å². The maximum Gasteiger partial charge on any atom is 0.423 e. The number of hydrogen-bond donors (Lipinski definition) is 2. The number of aromatic nitrogens is 3. The van der Waals surface area contributed by atoms with Crippen molar-refractivity contribution in [2.45, 2.75) is 32.5 Å². The number of aromatic carboxylic acids is 1. The number of halogens is 3. The van der Waals surface area contributed by atoms with E-state index in [0.29, 0.717) is 15.2 Å². The monoisotopic (exact) mass is 495 g/mol. The summed E-state index contributed by atoms with van der Waals surface area (Å²) < 4.78 is 46.2. The van der Waals surface area contributed by atoms with Crippen molar-refractivity contribution in [3.63, 3.8) is 0 Å². The van der Waals surface area contributed by atoms with Crippen LogP contribution in [0.4, 0.5) is 18.0 Å². The molecule has 13 heteroatoms. The third-order valence-corrected chi connectivity index (χ3v) is 5.54. The molecule has 0 amide bonds. The molecule has 0 saturated carbocycles. The Labute approximate surface area is 191 Å². The Bertz CT molecular complexity index is 1600. The minimum atomic E-state index is -4.77. The number of nitrogens with zero attached hydrogens (tertiary/aromatic N) is 2. The molecule has 0 radical (unpaired) electrons. The van der Waals surface area contributed by atoms with E-state index in [9.17, 15) is 37.5 Å². The fraction of sp³-hybridized carbons (Fsp3) is 0.238. The molecule has 0 aliphatic rings. The van der Waals surface area contributed by atoms with Gasteiger partial charge in [0.1, 0.15) is 5.60 Å². The van der Waals surface area contributed by atoms with E-state index < -0.39 is 52.0 Å². The first-order valence-corrected chi connectivity index (χ1v) is 10.6. The zero-order valence-electron chi connectivity index (χ0n) is 17.8. The third kappa shape index (κ3) is 3.77. The van der Waals surface area contributed by atoms with E-state index in [2.05, 4.69) is 4.98 Å². The lowest BCUT2D eigenvalue weighted by molar-refractivity contribution is -0.137. The lowest BCUT2D eigenvalue weighted by Gasteiger charge is -2.20. The highest BCUT2D eigenvalue weighted by atomic mass is 32.1.